The van der Waals surface area contributed by atoms with Crippen molar-refractivity contribution < 1.29 is 17.9 Å². The molecule has 3 aromatic rings. The Balaban J connectivity index is 1.49. The molecular weight excluding hydrogens is 435 g/mol. The second-order valence-electron chi connectivity index (χ2n) is 7.49. The summed E-state index contributed by atoms with van der Waals surface area (Å²) in [5.41, 5.74) is 3.00. The lowest BCUT2D eigenvalue weighted by molar-refractivity contribution is 0.0765. The van der Waals surface area contributed by atoms with Gasteiger partial charge in [0.1, 0.15) is 11.5 Å². The average Bonchev–Trinajstić information content (AvgIpc) is 3.23. The largest absolute Gasteiger partial charge is 0.470 e. The summed E-state index contributed by atoms with van der Waals surface area (Å²) < 4.78 is 45.9. The van der Waals surface area contributed by atoms with Gasteiger partial charge in [0.15, 0.2) is 6.61 Å². The molecule has 0 saturated carbocycles. The van der Waals surface area contributed by atoms with Gasteiger partial charge in [0.2, 0.25) is 5.90 Å². The van der Waals surface area contributed by atoms with Crippen LogP contribution in [0.25, 0.3) is 11.3 Å². The highest BCUT2D eigenvalue weighted by molar-refractivity contribution is 5.93. The van der Waals surface area contributed by atoms with Crippen LogP contribution in [0.2, 0.25) is 0 Å². The molecule has 8 nitrogen and oxygen atoms in total. The Morgan fingerprint density at radius 2 is 2.03 bits per heavy atom. The molecule has 11 heteroatoms. The fourth-order valence-electron chi connectivity index (χ4n) is 3.42. The quantitative estimate of drug-likeness (QED) is 0.280. The molecule has 1 saturated heterocycles. The third-order valence-corrected chi connectivity index (χ3v) is 5.16. The molecule has 0 unspecified atom stereocenters. The van der Waals surface area contributed by atoms with Crippen LogP contribution in [-0.2, 0) is 17.8 Å². The number of likely N-dealkylation sites (tertiary alicyclic amines) is 1. The Hall–Kier alpha value is -3.60. The van der Waals surface area contributed by atoms with Crippen LogP contribution < -0.4 is 0 Å². The van der Waals surface area contributed by atoms with E-state index in [1.54, 1.807) is 6.20 Å². The molecule has 0 N–H and O–H groups in total. The van der Waals surface area contributed by atoms with Gasteiger partial charge < -0.3 is 4.74 Å². The number of ether oxygens (including phenoxy) is 1. The summed E-state index contributed by atoms with van der Waals surface area (Å²) in [6.07, 6.45) is 1.51. The summed E-state index contributed by atoms with van der Waals surface area (Å²) in [4.78, 5) is 6.44. The summed E-state index contributed by atoms with van der Waals surface area (Å²) in [6.45, 7) is 5.32. The molecule has 0 spiro atoms. The van der Waals surface area contributed by atoms with E-state index in [2.05, 4.69) is 43.2 Å². The van der Waals surface area contributed by atoms with Crippen LogP contribution in [-0.4, -0.2) is 63.6 Å². The summed E-state index contributed by atoms with van der Waals surface area (Å²) in [7, 11) is 0. The predicted molar refractivity (Wildman–Crippen MR) is 117 cm³/mol. The topological polar surface area (TPSA) is 80.8 Å². The third kappa shape index (κ3) is 5.61. The van der Waals surface area contributed by atoms with Gasteiger partial charge in [0, 0.05) is 25.0 Å². The molecule has 2 aromatic heterocycles. The maximum atomic E-state index is 14.7. The predicted octanol–water partition coefficient (Wildman–Crippen LogP) is 3.38. The average molecular weight is 457 g/mol. The monoisotopic (exact) mass is 457 g/mol. The van der Waals surface area contributed by atoms with Gasteiger partial charge in [-0.2, -0.15) is 5.10 Å². The minimum atomic E-state index is -2.71. The summed E-state index contributed by atoms with van der Waals surface area (Å²) in [5, 5.41) is 15.2. The van der Waals surface area contributed by atoms with E-state index in [0.29, 0.717) is 5.69 Å². The first-order valence-electron chi connectivity index (χ1n) is 10.3. The zero-order chi connectivity index (χ0) is 23.2. The van der Waals surface area contributed by atoms with Crippen molar-refractivity contribution in [3.8, 4) is 11.3 Å². The van der Waals surface area contributed by atoms with Crippen molar-refractivity contribution in [2.75, 3.05) is 19.7 Å². The van der Waals surface area contributed by atoms with Crippen molar-refractivity contribution >= 4 is 12.6 Å². The number of benzene rings is 1. The van der Waals surface area contributed by atoms with E-state index < -0.39 is 18.8 Å². The van der Waals surface area contributed by atoms with E-state index in [0.717, 1.165) is 36.8 Å². The number of hydrogen-bond donors (Lipinski definition) is 0. The smallest absolute Gasteiger partial charge is 0.272 e. The van der Waals surface area contributed by atoms with Crippen LogP contribution in [0.4, 0.5) is 13.2 Å². The lowest BCUT2D eigenvalue weighted by Crippen LogP contribution is -2.36. The molecule has 1 aliphatic heterocycles. The van der Waals surface area contributed by atoms with Gasteiger partial charge >= 0.3 is 0 Å². The molecule has 3 heterocycles. The maximum absolute atomic E-state index is 14.7. The van der Waals surface area contributed by atoms with Crippen LogP contribution in [0.1, 0.15) is 23.2 Å². The first-order valence-corrected chi connectivity index (χ1v) is 10.3. The van der Waals surface area contributed by atoms with Crippen molar-refractivity contribution in [2.24, 2.45) is 10.2 Å². The maximum Gasteiger partial charge on any atom is 0.272 e. The highest BCUT2D eigenvalue weighted by Gasteiger charge is 2.18. The third-order valence-electron chi connectivity index (χ3n) is 5.16. The first kappa shape index (κ1) is 22.6. The SMILES string of the molecule is C=N/N=C(\OCC(F)F)c1cnc(Cn2cc(-c3ccccc3CN3CCC3)nn2)c(F)c1. The normalized spacial score (nSPS) is 14.4. The molecule has 0 radical (unpaired) electrons. The van der Waals surface area contributed by atoms with Gasteiger partial charge in [-0.25, -0.2) is 17.9 Å². The van der Waals surface area contributed by atoms with Gasteiger partial charge in [-0.1, -0.05) is 29.5 Å². The minimum absolute atomic E-state index is 0.0392. The lowest BCUT2D eigenvalue weighted by Gasteiger charge is -2.31. The van der Waals surface area contributed by atoms with Gasteiger partial charge in [-0.3, -0.25) is 9.88 Å². The molecule has 1 aliphatic rings. The second kappa shape index (κ2) is 10.3. The number of rotatable bonds is 9. The van der Waals surface area contributed by atoms with Crippen LogP contribution >= 0.6 is 0 Å². The van der Waals surface area contributed by atoms with Crippen molar-refractivity contribution in [1.82, 2.24) is 24.9 Å². The molecule has 33 heavy (non-hydrogen) atoms. The van der Waals surface area contributed by atoms with E-state index in [4.69, 9.17) is 4.74 Å². The van der Waals surface area contributed by atoms with Crippen LogP contribution in [0.15, 0.2) is 52.9 Å². The van der Waals surface area contributed by atoms with Crippen LogP contribution in [0.5, 0.6) is 0 Å². The number of alkyl halides is 2. The van der Waals surface area contributed by atoms with E-state index in [1.807, 2.05) is 18.2 Å². The van der Waals surface area contributed by atoms with E-state index in [1.165, 1.54) is 17.3 Å². The lowest BCUT2D eigenvalue weighted by atomic mass is 10.0. The van der Waals surface area contributed by atoms with E-state index >= 15 is 0 Å². The van der Waals surface area contributed by atoms with Gasteiger partial charge in [0.25, 0.3) is 6.43 Å². The molecular formula is C22H22F3N7O. The van der Waals surface area contributed by atoms with Crippen molar-refractivity contribution in [2.45, 2.75) is 25.9 Å². The molecule has 1 fully saturated rings. The van der Waals surface area contributed by atoms with Gasteiger partial charge in [0.05, 0.1) is 24.0 Å². The fourth-order valence-corrected chi connectivity index (χ4v) is 3.42. The molecule has 1 aromatic carbocycles. The molecule has 172 valence electrons. The van der Waals surface area contributed by atoms with E-state index in [-0.39, 0.29) is 23.7 Å². The van der Waals surface area contributed by atoms with Gasteiger partial charge in [-0.05, 0) is 31.1 Å². The summed E-state index contributed by atoms with van der Waals surface area (Å²) in [5.74, 6) is -0.953. The van der Waals surface area contributed by atoms with Crippen LogP contribution in [0.3, 0.4) is 0 Å². The number of halogens is 3. The standard InChI is InChI=1S/C22H22F3N7O/c1-26-29-22(33-14-21(24)25)16-9-18(23)20(27-10-16)13-32-12-19(28-30-32)17-6-3-2-5-15(17)11-31-7-4-8-31/h2-3,5-6,9-10,12,21H,1,4,7-8,11,13-14H2/b29-22-. The first-order chi connectivity index (χ1) is 16.0. The van der Waals surface area contributed by atoms with Gasteiger partial charge in [-0.15, -0.1) is 10.2 Å². The summed E-state index contributed by atoms with van der Waals surface area (Å²) in [6, 6.07) is 9.10. The Labute approximate surface area is 188 Å². The highest BCUT2D eigenvalue weighted by atomic mass is 19.3. The Kier molecular flexibility index (Phi) is 7.08. The zero-order valence-electron chi connectivity index (χ0n) is 17.7. The van der Waals surface area contributed by atoms with Crippen LogP contribution in [0, 0.1) is 5.82 Å². The molecule has 0 aliphatic carbocycles. The second-order valence-corrected chi connectivity index (χ2v) is 7.49. The zero-order valence-corrected chi connectivity index (χ0v) is 17.7. The molecule has 4 rings (SSSR count). The Morgan fingerprint density at radius 3 is 2.73 bits per heavy atom. The number of hydrogen-bond acceptors (Lipinski definition) is 7. The number of pyridine rings is 1. The number of aromatic nitrogens is 4. The molecule has 0 amide bonds. The molecule has 0 bridgehead atoms. The van der Waals surface area contributed by atoms with E-state index in [9.17, 15) is 13.2 Å². The molecule has 0 atom stereocenters. The minimum Gasteiger partial charge on any atom is -0.470 e. The Bertz CT molecular complexity index is 1140. The van der Waals surface area contributed by atoms with Crippen molar-refractivity contribution in [3.63, 3.8) is 0 Å². The highest BCUT2D eigenvalue weighted by Crippen LogP contribution is 2.24. The fraction of sp³-hybridized carbons (Fsp3) is 0.318. The summed E-state index contributed by atoms with van der Waals surface area (Å²) >= 11 is 0. The van der Waals surface area contributed by atoms with Crippen molar-refractivity contribution in [3.05, 3.63) is 65.4 Å². The Morgan fingerprint density at radius 1 is 1.21 bits per heavy atom. The van der Waals surface area contributed by atoms with Crippen molar-refractivity contribution in [1.29, 1.82) is 0 Å². The number of nitrogens with zero attached hydrogens (tertiary/aromatic N) is 7.